The number of nitrogens with zero attached hydrogens (tertiary/aromatic N) is 1. The van der Waals surface area contributed by atoms with Crippen molar-refractivity contribution in [3.05, 3.63) is 65.9 Å². The fourth-order valence-electron chi connectivity index (χ4n) is 5.75. The lowest BCUT2D eigenvalue weighted by atomic mass is 9.90. The van der Waals surface area contributed by atoms with Gasteiger partial charge < -0.3 is 19.9 Å². The Balaban J connectivity index is 0.980. The van der Waals surface area contributed by atoms with Gasteiger partial charge in [-0.1, -0.05) is 36.4 Å². The van der Waals surface area contributed by atoms with Gasteiger partial charge in [0.1, 0.15) is 5.75 Å². The summed E-state index contributed by atoms with van der Waals surface area (Å²) >= 11 is 0. The van der Waals surface area contributed by atoms with Crippen LogP contribution in [-0.2, 0) is 22.4 Å². The number of H-pyrrole nitrogens is 1. The maximum Gasteiger partial charge on any atom is 0.263 e. The summed E-state index contributed by atoms with van der Waals surface area (Å²) in [5.41, 5.74) is 3.56. The van der Waals surface area contributed by atoms with Crippen LogP contribution < -0.4 is 10.1 Å². The summed E-state index contributed by atoms with van der Waals surface area (Å²) in [6.07, 6.45) is 5.85. The largest absolute Gasteiger partial charge is 0.480 e. The number of likely N-dealkylation sites (tertiary alicyclic amines) is 1. The molecule has 2 amide bonds. The molecule has 1 spiro atoms. The van der Waals surface area contributed by atoms with Crippen LogP contribution in [0.2, 0.25) is 0 Å². The second-order valence-corrected chi connectivity index (χ2v) is 9.76. The minimum atomic E-state index is -0.403. The number of ether oxygens (including phenoxy) is 1. The van der Waals surface area contributed by atoms with E-state index in [-0.39, 0.29) is 23.1 Å². The first kappa shape index (κ1) is 20.3. The number of carbonyl (C=O) groups is 2. The minimum absolute atomic E-state index is 0.0845. The molecule has 3 aromatic rings. The fraction of sp³-hybridized carbons (Fsp3) is 0.407. The fourth-order valence-corrected chi connectivity index (χ4v) is 5.75. The zero-order chi connectivity index (χ0) is 22.4. The highest BCUT2D eigenvalue weighted by atomic mass is 16.5. The van der Waals surface area contributed by atoms with Crippen LogP contribution in [0.4, 0.5) is 0 Å². The number of carbonyl (C=O) groups excluding carboxylic acids is 2. The zero-order valence-corrected chi connectivity index (χ0v) is 18.7. The molecule has 6 rings (SSSR count). The lowest BCUT2D eigenvalue weighted by Crippen LogP contribution is -2.46. The van der Waals surface area contributed by atoms with Gasteiger partial charge in [-0.15, -0.1) is 0 Å². The van der Waals surface area contributed by atoms with Gasteiger partial charge in [-0.25, -0.2) is 0 Å². The van der Waals surface area contributed by atoms with E-state index < -0.39 is 6.10 Å². The summed E-state index contributed by atoms with van der Waals surface area (Å²) in [6.45, 7) is 2.08. The first-order chi connectivity index (χ1) is 16.1. The van der Waals surface area contributed by atoms with Crippen LogP contribution in [-0.4, -0.2) is 47.4 Å². The first-order valence-electron chi connectivity index (χ1n) is 12.0. The molecule has 33 heavy (non-hydrogen) atoms. The Morgan fingerprint density at radius 2 is 1.88 bits per heavy atom. The SMILES string of the molecule is O=C(NCCc1c[nH]c2ccccc12)C1CC12CCN(C(=O)C1Cc3ccccc3O1)CC2. The molecule has 2 aliphatic heterocycles. The second-order valence-electron chi connectivity index (χ2n) is 9.76. The number of hydrogen-bond donors (Lipinski definition) is 2. The molecule has 1 saturated heterocycles. The Morgan fingerprint density at radius 3 is 2.73 bits per heavy atom. The Morgan fingerprint density at radius 1 is 1.09 bits per heavy atom. The maximum absolute atomic E-state index is 13.0. The molecule has 2 unspecified atom stereocenters. The number of aromatic nitrogens is 1. The highest BCUT2D eigenvalue weighted by Gasteiger charge is 2.58. The molecule has 2 fully saturated rings. The summed E-state index contributed by atoms with van der Waals surface area (Å²) in [7, 11) is 0. The molecule has 1 aliphatic carbocycles. The molecular formula is C27H29N3O3. The molecule has 0 bridgehead atoms. The van der Waals surface area contributed by atoms with E-state index in [2.05, 4.69) is 22.4 Å². The van der Waals surface area contributed by atoms with Crippen LogP contribution in [0.15, 0.2) is 54.7 Å². The standard InChI is InChI=1S/C27H29N3O3/c31-25(28-12-9-19-17-29-22-7-3-2-6-20(19)22)21-16-27(21)10-13-30(14-11-27)26(32)24-15-18-5-1-4-8-23(18)33-24/h1-8,17,21,24,29H,9-16H2,(H,28,31). The molecule has 2 N–H and O–H groups in total. The average molecular weight is 444 g/mol. The second kappa shape index (κ2) is 7.94. The Kier molecular flexibility index (Phi) is 4.89. The van der Waals surface area contributed by atoms with Gasteiger partial charge >= 0.3 is 0 Å². The average Bonchev–Trinajstić information content (AvgIpc) is 3.19. The van der Waals surface area contributed by atoms with Gasteiger partial charge in [0, 0.05) is 49.1 Å². The monoisotopic (exact) mass is 443 g/mol. The van der Waals surface area contributed by atoms with Crippen LogP contribution >= 0.6 is 0 Å². The third kappa shape index (κ3) is 3.67. The summed E-state index contributed by atoms with van der Waals surface area (Å²) in [6, 6.07) is 16.1. The summed E-state index contributed by atoms with van der Waals surface area (Å²) in [4.78, 5) is 31.0. The van der Waals surface area contributed by atoms with Crippen molar-refractivity contribution in [2.24, 2.45) is 11.3 Å². The van der Waals surface area contributed by atoms with Crippen LogP contribution in [0.3, 0.4) is 0 Å². The topological polar surface area (TPSA) is 74.4 Å². The van der Waals surface area contributed by atoms with Crippen molar-refractivity contribution in [1.29, 1.82) is 0 Å². The Bertz CT molecular complexity index is 1180. The number of benzene rings is 2. The van der Waals surface area contributed by atoms with E-state index in [1.54, 1.807) is 0 Å². The smallest absolute Gasteiger partial charge is 0.263 e. The van der Waals surface area contributed by atoms with Gasteiger partial charge in [0.05, 0.1) is 0 Å². The van der Waals surface area contributed by atoms with E-state index in [0.717, 1.165) is 42.5 Å². The molecule has 3 heterocycles. The van der Waals surface area contributed by atoms with E-state index in [4.69, 9.17) is 4.74 Å². The minimum Gasteiger partial charge on any atom is -0.480 e. The molecule has 2 aromatic carbocycles. The third-order valence-corrected chi connectivity index (χ3v) is 7.87. The number of aromatic amines is 1. The first-order valence-corrected chi connectivity index (χ1v) is 12.0. The number of nitrogens with one attached hydrogen (secondary N) is 2. The van der Waals surface area contributed by atoms with E-state index >= 15 is 0 Å². The van der Waals surface area contributed by atoms with E-state index in [1.165, 1.54) is 10.9 Å². The molecule has 6 nitrogen and oxygen atoms in total. The van der Waals surface area contributed by atoms with Gasteiger partial charge in [-0.3, -0.25) is 9.59 Å². The van der Waals surface area contributed by atoms with Crippen molar-refractivity contribution in [3.63, 3.8) is 0 Å². The number of hydrogen-bond acceptors (Lipinski definition) is 3. The predicted molar refractivity (Wildman–Crippen MR) is 126 cm³/mol. The number of rotatable bonds is 5. The lowest BCUT2D eigenvalue weighted by molar-refractivity contribution is -0.139. The van der Waals surface area contributed by atoms with Gasteiger partial charge in [0.25, 0.3) is 5.91 Å². The molecule has 3 aliphatic rings. The normalized spacial score (nSPS) is 22.7. The van der Waals surface area contributed by atoms with Crippen LogP contribution in [0, 0.1) is 11.3 Å². The van der Waals surface area contributed by atoms with Crippen LogP contribution in [0.5, 0.6) is 5.75 Å². The quantitative estimate of drug-likeness (QED) is 0.634. The Labute approximate surface area is 193 Å². The highest BCUT2D eigenvalue weighted by Crippen LogP contribution is 2.59. The van der Waals surface area contributed by atoms with Crippen molar-refractivity contribution in [2.45, 2.75) is 38.2 Å². The molecule has 2 atom stereocenters. The summed E-state index contributed by atoms with van der Waals surface area (Å²) < 4.78 is 5.89. The Hall–Kier alpha value is -3.28. The number of amides is 2. The van der Waals surface area contributed by atoms with Crippen molar-refractivity contribution < 1.29 is 14.3 Å². The van der Waals surface area contributed by atoms with Crippen molar-refractivity contribution in [1.82, 2.24) is 15.2 Å². The third-order valence-electron chi connectivity index (χ3n) is 7.87. The molecule has 170 valence electrons. The van der Waals surface area contributed by atoms with Gasteiger partial charge in [-0.05, 0) is 54.4 Å². The molecule has 0 radical (unpaired) electrons. The predicted octanol–water partition coefficient (Wildman–Crippen LogP) is 3.46. The number of fused-ring (bicyclic) bond motifs is 2. The van der Waals surface area contributed by atoms with E-state index in [1.807, 2.05) is 47.5 Å². The van der Waals surface area contributed by atoms with Gasteiger partial charge in [0.15, 0.2) is 6.10 Å². The summed E-state index contributed by atoms with van der Waals surface area (Å²) in [5.74, 6) is 1.17. The molecule has 6 heteroatoms. The van der Waals surface area contributed by atoms with Crippen molar-refractivity contribution in [2.75, 3.05) is 19.6 Å². The highest BCUT2D eigenvalue weighted by molar-refractivity contribution is 5.85. The van der Waals surface area contributed by atoms with Crippen LogP contribution in [0.25, 0.3) is 10.9 Å². The number of para-hydroxylation sites is 2. The van der Waals surface area contributed by atoms with Gasteiger partial charge in [-0.2, -0.15) is 0 Å². The van der Waals surface area contributed by atoms with E-state index in [9.17, 15) is 9.59 Å². The zero-order valence-electron chi connectivity index (χ0n) is 18.7. The molecule has 1 saturated carbocycles. The van der Waals surface area contributed by atoms with Crippen LogP contribution in [0.1, 0.15) is 30.4 Å². The van der Waals surface area contributed by atoms with Gasteiger partial charge in [0.2, 0.25) is 5.91 Å². The number of piperidine rings is 1. The van der Waals surface area contributed by atoms with Crippen molar-refractivity contribution >= 4 is 22.7 Å². The summed E-state index contributed by atoms with van der Waals surface area (Å²) in [5, 5.41) is 4.38. The lowest BCUT2D eigenvalue weighted by Gasteiger charge is -2.34. The van der Waals surface area contributed by atoms with E-state index in [0.29, 0.717) is 26.1 Å². The molecular weight excluding hydrogens is 414 g/mol. The van der Waals surface area contributed by atoms with Crippen molar-refractivity contribution in [3.8, 4) is 5.75 Å². The molecule has 1 aromatic heterocycles. The maximum atomic E-state index is 13.0.